The van der Waals surface area contributed by atoms with Gasteiger partial charge >= 0.3 is 0 Å². The van der Waals surface area contributed by atoms with E-state index in [1.54, 1.807) is 18.2 Å². The molecule has 4 rings (SSSR count). The molecule has 3 aromatic carbocycles. The number of amides is 1. The van der Waals surface area contributed by atoms with Gasteiger partial charge in [-0.1, -0.05) is 24.6 Å². The second-order valence-corrected chi connectivity index (χ2v) is 7.04. The van der Waals surface area contributed by atoms with Crippen molar-refractivity contribution in [2.45, 2.75) is 13.3 Å². The Labute approximate surface area is 176 Å². The van der Waals surface area contributed by atoms with Gasteiger partial charge in [-0.2, -0.15) is 5.26 Å². The highest BCUT2D eigenvalue weighted by Crippen LogP contribution is 2.32. The first kappa shape index (κ1) is 19.6. The van der Waals surface area contributed by atoms with Crippen molar-refractivity contribution in [1.82, 2.24) is 4.98 Å². The van der Waals surface area contributed by atoms with Crippen molar-refractivity contribution in [3.63, 3.8) is 0 Å². The van der Waals surface area contributed by atoms with Crippen LogP contribution in [0.25, 0.3) is 22.6 Å². The lowest BCUT2D eigenvalue weighted by Gasteiger charge is -2.08. The van der Waals surface area contributed by atoms with Crippen molar-refractivity contribution in [3.05, 3.63) is 82.1 Å². The number of aromatic nitrogens is 1. The number of anilines is 1. The van der Waals surface area contributed by atoms with Gasteiger partial charge in [-0.05, 0) is 60.5 Å². The lowest BCUT2D eigenvalue weighted by atomic mass is 10.1. The van der Waals surface area contributed by atoms with E-state index in [1.165, 1.54) is 12.1 Å². The molecule has 0 bridgehead atoms. The predicted molar refractivity (Wildman–Crippen MR) is 113 cm³/mol. The first-order chi connectivity index (χ1) is 14.5. The van der Waals surface area contributed by atoms with Crippen molar-refractivity contribution < 1.29 is 13.6 Å². The normalized spacial score (nSPS) is 10.7. The summed E-state index contributed by atoms with van der Waals surface area (Å²) >= 11 is 6.33. The van der Waals surface area contributed by atoms with Gasteiger partial charge in [0.25, 0.3) is 5.91 Å². The number of nitriles is 1. The molecule has 1 N–H and O–H groups in total. The van der Waals surface area contributed by atoms with Crippen LogP contribution in [0.4, 0.5) is 10.1 Å². The maximum Gasteiger partial charge on any atom is 0.258 e. The van der Waals surface area contributed by atoms with E-state index in [9.17, 15) is 9.18 Å². The lowest BCUT2D eigenvalue weighted by Crippen LogP contribution is -2.14. The number of halogens is 2. The van der Waals surface area contributed by atoms with Crippen LogP contribution in [0.2, 0.25) is 5.02 Å². The van der Waals surface area contributed by atoms with Gasteiger partial charge in [0.1, 0.15) is 11.3 Å². The molecule has 1 amide bonds. The topological polar surface area (TPSA) is 78.9 Å². The molecule has 148 valence electrons. The lowest BCUT2D eigenvalue weighted by molar-refractivity contribution is 0.102. The van der Waals surface area contributed by atoms with E-state index >= 15 is 0 Å². The zero-order chi connectivity index (χ0) is 21.3. The molecule has 0 saturated carbocycles. The van der Waals surface area contributed by atoms with E-state index in [0.717, 1.165) is 23.6 Å². The van der Waals surface area contributed by atoms with Crippen molar-refractivity contribution in [1.29, 1.82) is 5.26 Å². The third kappa shape index (κ3) is 3.76. The largest absolute Gasteiger partial charge is 0.436 e. The summed E-state index contributed by atoms with van der Waals surface area (Å²) in [6, 6.07) is 16.1. The number of rotatable bonds is 4. The monoisotopic (exact) mass is 419 g/mol. The summed E-state index contributed by atoms with van der Waals surface area (Å²) in [6.45, 7) is 2.06. The maximum absolute atomic E-state index is 14.1. The molecule has 0 unspecified atom stereocenters. The number of nitrogens with one attached hydrogen (secondary N) is 1. The van der Waals surface area contributed by atoms with E-state index in [1.807, 2.05) is 24.3 Å². The molecule has 0 saturated heterocycles. The Balaban J connectivity index is 1.65. The summed E-state index contributed by atoms with van der Waals surface area (Å²) in [6.07, 6.45) is 0.881. The molecule has 1 heterocycles. The van der Waals surface area contributed by atoms with E-state index in [-0.39, 0.29) is 11.1 Å². The van der Waals surface area contributed by atoms with Crippen LogP contribution in [0, 0.1) is 17.1 Å². The molecule has 0 aliphatic heterocycles. The molecule has 0 aliphatic rings. The smallest absolute Gasteiger partial charge is 0.258 e. The summed E-state index contributed by atoms with van der Waals surface area (Å²) in [5, 5.41) is 11.9. The van der Waals surface area contributed by atoms with Gasteiger partial charge in [0.15, 0.2) is 5.58 Å². The van der Waals surface area contributed by atoms with Crippen LogP contribution in [-0.4, -0.2) is 10.9 Å². The second-order valence-electron chi connectivity index (χ2n) is 6.63. The number of aryl methyl sites for hydroxylation is 1. The van der Waals surface area contributed by atoms with Crippen LogP contribution in [0.15, 0.2) is 59.0 Å². The van der Waals surface area contributed by atoms with E-state index in [4.69, 9.17) is 21.3 Å². The number of hydrogen-bond acceptors (Lipinski definition) is 4. The Bertz CT molecular complexity index is 1320. The predicted octanol–water partition coefficient (Wildman–Crippen LogP) is 5.97. The molecule has 4 aromatic rings. The highest BCUT2D eigenvalue weighted by molar-refractivity contribution is 6.33. The second kappa shape index (κ2) is 7.97. The number of nitrogens with zero attached hydrogens (tertiary/aromatic N) is 2. The molecular weight excluding hydrogens is 405 g/mol. The average molecular weight is 420 g/mol. The van der Waals surface area contributed by atoms with Gasteiger partial charge in [-0.15, -0.1) is 0 Å². The third-order valence-electron chi connectivity index (χ3n) is 4.66. The van der Waals surface area contributed by atoms with Crippen LogP contribution < -0.4 is 5.32 Å². The summed E-state index contributed by atoms with van der Waals surface area (Å²) < 4.78 is 19.9. The molecule has 0 radical (unpaired) electrons. The minimum atomic E-state index is -0.772. The zero-order valence-electron chi connectivity index (χ0n) is 15.9. The van der Waals surface area contributed by atoms with Crippen LogP contribution in [-0.2, 0) is 6.42 Å². The van der Waals surface area contributed by atoms with Crippen molar-refractivity contribution in [2.24, 2.45) is 0 Å². The maximum atomic E-state index is 14.1. The molecule has 0 aliphatic carbocycles. The van der Waals surface area contributed by atoms with Crippen molar-refractivity contribution >= 4 is 34.3 Å². The molecule has 0 spiro atoms. The quantitative estimate of drug-likeness (QED) is 0.441. The Morgan fingerprint density at radius 1 is 1.20 bits per heavy atom. The van der Waals surface area contributed by atoms with E-state index < -0.39 is 11.7 Å². The van der Waals surface area contributed by atoms with Gasteiger partial charge in [-0.25, -0.2) is 9.37 Å². The molecule has 0 atom stereocenters. The van der Waals surface area contributed by atoms with Gasteiger partial charge in [0.05, 0.1) is 27.8 Å². The molecule has 0 fully saturated rings. The van der Waals surface area contributed by atoms with E-state index in [0.29, 0.717) is 27.7 Å². The Hall–Kier alpha value is -3.69. The highest BCUT2D eigenvalue weighted by Gasteiger charge is 2.16. The van der Waals surface area contributed by atoms with Gasteiger partial charge in [0.2, 0.25) is 5.89 Å². The fourth-order valence-electron chi connectivity index (χ4n) is 3.04. The SMILES string of the molecule is CCc1ccc2oc(-c3cc(NC(=O)c4ccc(C#N)cc4F)ccc3Cl)nc2c1. The molecule has 5 nitrogen and oxygen atoms in total. The van der Waals surface area contributed by atoms with Gasteiger partial charge in [0, 0.05) is 5.69 Å². The number of oxazole rings is 1. The van der Waals surface area contributed by atoms with Crippen molar-refractivity contribution in [3.8, 4) is 17.5 Å². The average Bonchev–Trinajstić information content (AvgIpc) is 3.17. The Morgan fingerprint density at radius 2 is 2.03 bits per heavy atom. The van der Waals surface area contributed by atoms with Crippen molar-refractivity contribution in [2.75, 3.05) is 5.32 Å². The first-order valence-corrected chi connectivity index (χ1v) is 9.56. The summed E-state index contributed by atoms with van der Waals surface area (Å²) in [5.74, 6) is -1.09. The number of benzene rings is 3. The number of fused-ring (bicyclic) bond motifs is 1. The van der Waals surface area contributed by atoms with Crippen LogP contribution >= 0.6 is 11.6 Å². The van der Waals surface area contributed by atoms with Gasteiger partial charge < -0.3 is 9.73 Å². The summed E-state index contributed by atoms with van der Waals surface area (Å²) in [5.41, 5.74) is 3.36. The number of carbonyl (C=O) groups is 1. The number of carbonyl (C=O) groups excluding carboxylic acids is 1. The van der Waals surface area contributed by atoms with Crippen LogP contribution in [0.5, 0.6) is 0 Å². The summed E-state index contributed by atoms with van der Waals surface area (Å²) in [4.78, 5) is 17.0. The minimum absolute atomic E-state index is 0.139. The molecule has 7 heteroatoms. The first-order valence-electron chi connectivity index (χ1n) is 9.19. The molecule has 1 aromatic heterocycles. The van der Waals surface area contributed by atoms with Crippen LogP contribution in [0.1, 0.15) is 28.4 Å². The third-order valence-corrected chi connectivity index (χ3v) is 4.99. The standard InChI is InChI=1S/C23H15ClFN3O2/c1-2-13-4-8-21-20(10-13)28-23(30-21)17-11-15(5-7-18(17)24)27-22(29)16-6-3-14(12-26)9-19(16)25/h3-11H,2H2,1H3,(H,27,29). The fourth-order valence-corrected chi connectivity index (χ4v) is 3.24. The minimum Gasteiger partial charge on any atom is -0.436 e. The summed E-state index contributed by atoms with van der Waals surface area (Å²) in [7, 11) is 0. The Kier molecular flexibility index (Phi) is 5.21. The van der Waals surface area contributed by atoms with Gasteiger partial charge in [-0.3, -0.25) is 4.79 Å². The van der Waals surface area contributed by atoms with Crippen LogP contribution in [0.3, 0.4) is 0 Å². The highest BCUT2D eigenvalue weighted by atomic mass is 35.5. The molecule has 30 heavy (non-hydrogen) atoms. The zero-order valence-corrected chi connectivity index (χ0v) is 16.6. The Morgan fingerprint density at radius 3 is 2.77 bits per heavy atom. The van der Waals surface area contributed by atoms with E-state index in [2.05, 4.69) is 17.2 Å². The molecular formula is C23H15ClFN3O2. The number of hydrogen-bond donors (Lipinski definition) is 1. The fraction of sp³-hybridized carbons (Fsp3) is 0.0870.